The van der Waals surface area contributed by atoms with Crippen molar-refractivity contribution in [1.29, 1.82) is 0 Å². The molecule has 3 aromatic heterocycles. The van der Waals surface area contributed by atoms with Crippen molar-refractivity contribution in [2.75, 3.05) is 5.32 Å². The Labute approximate surface area is 149 Å². The Morgan fingerprint density at radius 1 is 1.32 bits per heavy atom. The van der Waals surface area contributed by atoms with Gasteiger partial charge in [0.05, 0.1) is 23.6 Å². The van der Waals surface area contributed by atoms with Crippen LogP contribution in [-0.4, -0.2) is 25.7 Å². The molecule has 3 heterocycles. The molecule has 1 amide bonds. The Bertz CT molecular complexity index is 897. The first kappa shape index (κ1) is 16.0. The lowest BCUT2D eigenvalue weighted by molar-refractivity contribution is 0.102. The average Bonchev–Trinajstić information content (AvgIpc) is 3.25. The highest BCUT2D eigenvalue weighted by molar-refractivity contribution is 7.17. The third-order valence-corrected chi connectivity index (χ3v) is 5.67. The van der Waals surface area contributed by atoms with Crippen LogP contribution in [0.1, 0.15) is 41.2 Å². The molecule has 1 saturated carbocycles. The van der Waals surface area contributed by atoms with Crippen LogP contribution in [0.3, 0.4) is 0 Å². The molecule has 7 heteroatoms. The fraction of sp³-hybridized carbons (Fsp3) is 0.333. The van der Waals surface area contributed by atoms with Crippen LogP contribution < -0.4 is 5.32 Å². The third-order valence-electron chi connectivity index (χ3n) is 4.49. The molecule has 0 saturated heterocycles. The fourth-order valence-electron chi connectivity index (χ4n) is 2.90. The van der Waals surface area contributed by atoms with Gasteiger partial charge in [0.1, 0.15) is 15.7 Å². The lowest BCUT2D eigenvalue weighted by atomic mass is 10.2. The van der Waals surface area contributed by atoms with Crippen molar-refractivity contribution < 1.29 is 4.79 Å². The Kier molecular flexibility index (Phi) is 4.09. The van der Waals surface area contributed by atoms with Gasteiger partial charge in [0, 0.05) is 12.3 Å². The molecule has 25 heavy (non-hydrogen) atoms. The second kappa shape index (κ2) is 6.40. The fourth-order valence-corrected chi connectivity index (χ4v) is 3.83. The van der Waals surface area contributed by atoms with Gasteiger partial charge in [0.15, 0.2) is 0 Å². The summed E-state index contributed by atoms with van der Waals surface area (Å²) in [6.45, 7) is 4.00. The first-order valence-corrected chi connectivity index (χ1v) is 9.19. The number of aromatic nitrogens is 4. The zero-order chi connectivity index (χ0) is 17.4. The molecule has 1 aliphatic rings. The van der Waals surface area contributed by atoms with E-state index in [0.29, 0.717) is 22.5 Å². The van der Waals surface area contributed by atoms with Crippen molar-refractivity contribution in [2.24, 2.45) is 5.92 Å². The number of thiazole rings is 1. The van der Waals surface area contributed by atoms with Gasteiger partial charge in [0.25, 0.3) is 5.91 Å². The van der Waals surface area contributed by atoms with Gasteiger partial charge in [-0.05, 0) is 44.7 Å². The summed E-state index contributed by atoms with van der Waals surface area (Å²) in [6, 6.07) is 7.81. The van der Waals surface area contributed by atoms with E-state index in [9.17, 15) is 4.79 Å². The number of hydrogen-bond acceptors (Lipinski definition) is 5. The van der Waals surface area contributed by atoms with Gasteiger partial charge in [-0.25, -0.2) is 9.67 Å². The van der Waals surface area contributed by atoms with Crippen molar-refractivity contribution in [3.63, 3.8) is 0 Å². The highest BCUT2D eigenvalue weighted by Crippen LogP contribution is 2.40. The molecule has 1 N–H and O–H groups in total. The summed E-state index contributed by atoms with van der Waals surface area (Å²) in [5.41, 5.74) is 1.49. The van der Waals surface area contributed by atoms with Crippen molar-refractivity contribution in [3.05, 3.63) is 47.2 Å². The van der Waals surface area contributed by atoms with Gasteiger partial charge in [-0.1, -0.05) is 6.07 Å². The van der Waals surface area contributed by atoms with E-state index in [-0.39, 0.29) is 5.91 Å². The van der Waals surface area contributed by atoms with Gasteiger partial charge in [0.2, 0.25) is 0 Å². The molecule has 0 spiro atoms. The number of carbonyl (C=O) groups excluding carboxylic acids is 1. The second-order valence-electron chi connectivity index (χ2n) is 6.34. The number of aryl methyl sites for hydroxylation is 1. The van der Waals surface area contributed by atoms with Crippen LogP contribution in [0.2, 0.25) is 0 Å². The van der Waals surface area contributed by atoms with E-state index in [0.717, 1.165) is 16.5 Å². The quantitative estimate of drug-likeness (QED) is 0.754. The number of nitrogens with one attached hydrogen (secondary N) is 1. The normalized spacial score (nSPS) is 15.1. The summed E-state index contributed by atoms with van der Waals surface area (Å²) < 4.78 is 1.91. The smallest absolute Gasteiger partial charge is 0.268 e. The standard InChI is InChI=1S/C18H19N5OS/c1-11-16(25-18(21-11)14-5-3-4-9-19-14)17(24)22-15-8-10-20-23(15)12(2)13-6-7-13/h3-5,8-10,12-13H,6-7H2,1-2H3,(H,22,24). The molecule has 1 unspecified atom stereocenters. The van der Waals surface area contributed by atoms with Crippen molar-refractivity contribution in [2.45, 2.75) is 32.7 Å². The van der Waals surface area contributed by atoms with Gasteiger partial charge in [-0.15, -0.1) is 11.3 Å². The van der Waals surface area contributed by atoms with E-state index in [2.05, 4.69) is 27.3 Å². The molecule has 0 aromatic carbocycles. The van der Waals surface area contributed by atoms with E-state index < -0.39 is 0 Å². The van der Waals surface area contributed by atoms with Crippen LogP contribution in [-0.2, 0) is 0 Å². The summed E-state index contributed by atoms with van der Waals surface area (Å²) in [5, 5.41) is 8.12. The number of pyridine rings is 1. The number of rotatable bonds is 5. The zero-order valence-electron chi connectivity index (χ0n) is 14.1. The van der Waals surface area contributed by atoms with E-state index in [4.69, 9.17) is 0 Å². The molecule has 3 aromatic rings. The van der Waals surface area contributed by atoms with Crippen LogP contribution in [0, 0.1) is 12.8 Å². The number of nitrogens with zero attached hydrogens (tertiary/aromatic N) is 4. The first-order valence-electron chi connectivity index (χ1n) is 8.37. The molecular formula is C18H19N5OS. The SMILES string of the molecule is Cc1nc(-c2ccccn2)sc1C(=O)Nc1ccnn1C(C)C1CC1. The molecule has 0 aliphatic heterocycles. The van der Waals surface area contributed by atoms with E-state index >= 15 is 0 Å². The Balaban J connectivity index is 1.56. The van der Waals surface area contributed by atoms with Crippen LogP contribution >= 0.6 is 11.3 Å². The first-order chi connectivity index (χ1) is 12.1. The summed E-state index contributed by atoms with van der Waals surface area (Å²) in [6.07, 6.45) is 5.92. The Morgan fingerprint density at radius 2 is 2.16 bits per heavy atom. The Morgan fingerprint density at radius 3 is 2.88 bits per heavy atom. The molecule has 0 bridgehead atoms. The van der Waals surface area contributed by atoms with Crippen LogP contribution in [0.25, 0.3) is 10.7 Å². The maximum atomic E-state index is 12.7. The number of amides is 1. The largest absolute Gasteiger partial charge is 0.306 e. The third kappa shape index (κ3) is 3.19. The molecular weight excluding hydrogens is 334 g/mol. The molecule has 1 atom stereocenters. The highest BCUT2D eigenvalue weighted by atomic mass is 32.1. The predicted octanol–water partition coefficient (Wildman–Crippen LogP) is 3.93. The number of carbonyl (C=O) groups is 1. The lowest BCUT2D eigenvalue weighted by Gasteiger charge is -2.15. The predicted molar refractivity (Wildman–Crippen MR) is 97.7 cm³/mol. The van der Waals surface area contributed by atoms with Crippen LogP contribution in [0.15, 0.2) is 36.7 Å². The summed E-state index contributed by atoms with van der Waals surface area (Å²) in [7, 11) is 0. The Hall–Kier alpha value is -2.54. The maximum absolute atomic E-state index is 12.7. The van der Waals surface area contributed by atoms with Gasteiger partial charge < -0.3 is 5.32 Å². The van der Waals surface area contributed by atoms with Crippen LogP contribution in [0.4, 0.5) is 5.82 Å². The minimum absolute atomic E-state index is 0.151. The highest BCUT2D eigenvalue weighted by Gasteiger charge is 2.31. The molecule has 6 nitrogen and oxygen atoms in total. The second-order valence-corrected chi connectivity index (χ2v) is 7.34. The minimum atomic E-state index is -0.151. The molecule has 0 radical (unpaired) electrons. The number of hydrogen-bond donors (Lipinski definition) is 1. The maximum Gasteiger partial charge on any atom is 0.268 e. The van der Waals surface area contributed by atoms with Crippen molar-refractivity contribution in [3.8, 4) is 10.7 Å². The van der Waals surface area contributed by atoms with Crippen molar-refractivity contribution in [1.82, 2.24) is 19.7 Å². The monoisotopic (exact) mass is 353 g/mol. The summed E-state index contributed by atoms with van der Waals surface area (Å²) >= 11 is 1.36. The topological polar surface area (TPSA) is 72.7 Å². The van der Waals surface area contributed by atoms with Gasteiger partial charge in [-0.2, -0.15) is 5.10 Å². The van der Waals surface area contributed by atoms with Crippen LogP contribution in [0.5, 0.6) is 0 Å². The summed E-state index contributed by atoms with van der Waals surface area (Å²) in [4.78, 5) is 22.1. The molecule has 1 aliphatic carbocycles. The molecule has 4 rings (SSSR count). The average molecular weight is 353 g/mol. The van der Waals surface area contributed by atoms with Gasteiger partial charge in [-0.3, -0.25) is 9.78 Å². The molecule has 1 fully saturated rings. The minimum Gasteiger partial charge on any atom is -0.306 e. The van der Waals surface area contributed by atoms with E-state index in [1.807, 2.05) is 35.9 Å². The lowest BCUT2D eigenvalue weighted by Crippen LogP contribution is -2.18. The van der Waals surface area contributed by atoms with E-state index in [1.54, 1.807) is 12.4 Å². The number of anilines is 1. The molecule has 128 valence electrons. The van der Waals surface area contributed by atoms with Crippen molar-refractivity contribution >= 4 is 23.1 Å². The zero-order valence-corrected chi connectivity index (χ0v) is 15.0. The summed E-state index contributed by atoms with van der Waals surface area (Å²) in [5.74, 6) is 1.25. The van der Waals surface area contributed by atoms with E-state index in [1.165, 1.54) is 24.2 Å². The van der Waals surface area contributed by atoms with Gasteiger partial charge >= 0.3 is 0 Å².